The van der Waals surface area contributed by atoms with E-state index in [4.69, 9.17) is 5.73 Å². The number of nitrogens with one attached hydrogen (secondary N) is 1. The summed E-state index contributed by atoms with van der Waals surface area (Å²) in [6.45, 7) is 1.72. The lowest BCUT2D eigenvalue weighted by atomic mass is 10.1. The van der Waals surface area contributed by atoms with E-state index >= 15 is 0 Å². The van der Waals surface area contributed by atoms with Crippen molar-refractivity contribution in [2.45, 2.75) is 18.2 Å². The van der Waals surface area contributed by atoms with Gasteiger partial charge in [0.05, 0.1) is 10.6 Å². The topological polar surface area (TPSA) is 84.5 Å². The van der Waals surface area contributed by atoms with E-state index in [2.05, 4.69) is 22.7 Å². The van der Waals surface area contributed by atoms with Crippen molar-refractivity contribution >= 4 is 43.7 Å². The highest BCUT2D eigenvalue weighted by molar-refractivity contribution is 7.91. The number of sulfone groups is 1. The molecule has 2 aromatic carbocycles. The van der Waals surface area contributed by atoms with Crippen molar-refractivity contribution in [1.29, 1.82) is 0 Å². The minimum Gasteiger partial charge on any atom is -0.375 e. The Morgan fingerprint density at radius 1 is 1.23 bits per heavy atom. The lowest BCUT2D eigenvalue weighted by Crippen LogP contribution is -2.25. The Bertz CT molecular complexity index is 830. The van der Waals surface area contributed by atoms with E-state index in [-0.39, 0.29) is 10.9 Å². The van der Waals surface area contributed by atoms with Crippen LogP contribution in [0.5, 0.6) is 0 Å². The SMILES string of the molecule is C/C(CCS(=O)(=O)c1ccc2ccccc2c1)=N\NC(N)=S. The number of nitrogens with zero attached hydrogens (tertiary/aromatic N) is 1. The van der Waals surface area contributed by atoms with Crippen LogP contribution in [0.3, 0.4) is 0 Å². The van der Waals surface area contributed by atoms with Crippen molar-refractivity contribution in [1.82, 2.24) is 5.43 Å². The molecule has 7 heteroatoms. The first-order valence-corrected chi connectivity index (χ1v) is 8.75. The maximum absolute atomic E-state index is 12.4. The lowest BCUT2D eigenvalue weighted by Gasteiger charge is -2.06. The maximum atomic E-state index is 12.4. The number of hydrazone groups is 1. The van der Waals surface area contributed by atoms with Gasteiger partial charge in [0, 0.05) is 12.1 Å². The summed E-state index contributed by atoms with van der Waals surface area (Å²) in [5.74, 6) is -0.0142. The fourth-order valence-electron chi connectivity index (χ4n) is 1.97. The molecule has 0 fully saturated rings. The molecule has 2 aromatic rings. The molecule has 0 bridgehead atoms. The van der Waals surface area contributed by atoms with Crippen molar-refractivity contribution in [2.24, 2.45) is 10.8 Å². The molecule has 22 heavy (non-hydrogen) atoms. The summed E-state index contributed by atoms with van der Waals surface area (Å²) in [6, 6.07) is 12.8. The highest BCUT2D eigenvalue weighted by Gasteiger charge is 2.15. The molecule has 5 nitrogen and oxygen atoms in total. The molecular weight excluding hydrogens is 318 g/mol. The van der Waals surface area contributed by atoms with Crippen LogP contribution in [-0.2, 0) is 9.84 Å². The van der Waals surface area contributed by atoms with E-state index in [0.29, 0.717) is 17.0 Å². The average molecular weight is 335 g/mol. The number of rotatable bonds is 5. The van der Waals surface area contributed by atoms with Crippen molar-refractivity contribution in [3.8, 4) is 0 Å². The Morgan fingerprint density at radius 2 is 1.91 bits per heavy atom. The summed E-state index contributed by atoms with van der Waals surface area (Å²) in [4.78, 5) is 0.321. The van der Waals surface area contributed by atoms with Crippen LogP contribution in [0.4, 0.5) is 0 Å². The van der Waals surface area contributed by atoms with Gasteiger partial charge in [-0.05, 0) is 42.0 Å². The number of benzene rings is 2. The first-order valence-electron chi connectivity index (χ1n) is 6.69. The van der Waals surface area contributed by atoms with E-state index in [0.717, 1.165) is 10.8 Å². The van der Waals surface area contributed by atoms with Crippen molar-refractivity contribution < 1.29 is 8.42 Å². The third kappa shape index (κ3) is 4.25. The van der Waals surface area contributed by atoms with Crippen molar-refractivity contribution in [3.63, 3.8) is 0 Å². The zero-order chi connectivity index (χ0) is 16.2. The van der Waals surface area contributed by atoms with Crippen LogP contribution < -0.4 is 11.2 Å². The molecular formula is C15H17N3O2S2. The molecule has 2 rings (SSSR count). The monoisotopic (exact) mass is 335 g/mol. The predicted molar refractivity (Wildman–Crippen MR) is 93.6 cm³/mol. The molecule has 3 N–H and O–H groups in total. The van der Waals surface area contributed by atoms with Gasteiger partial charge in [0.1, 0.15) is 0 Å². The summed E-state index contributed by atoms with van der Waals surface area (Å²) in [5.41, 5.74) is 8.33. The van der Waals surface area contributed by atoms with Crippen LogP contribution in [-0.4, -0.2) is 25.0 Å². The fourth-order valence-corrected chi connectivity index (χ4v) is 3.39. The minimum atomic E-state index is -3.36. The highest BCUT2D eigenvalue weighted by Crippen LogP contribution is 2.20. The van der Waals surface area contributed by atoms with Gasteiger partial charge >= 0.3 is 0 Å². The quantitative estimate of drug-likeness (QED) is 0.497. The second kappa shape index (κ2) is 6.85. The standard InChI is InChI=1S/C15H17N3O2S2/c1-11(17-18-15(16)21)8-9-22(19,20)14-7-6-12-4-2-3-5-13(12)10-14/h2-7,10H,8-9H2,1H3,(H3,16,18,21)/b17-11+. The lowest BCUT2D eigenvalue weighted by molar-refractivity contribution is 0.596. The van der Waals surface area contributed by atoms with Gasteiger partial charge in [-0.2, -0.15) is 5.10 Å². The zero-order valence-corrected chi connectivity index (χ0v) is 13.7. The Kier molecular flexibility index (Phi) is 5.10. The van der Waals surface area contributed by atoms with Crippen LogP contribution in [0.1, 0.15) is 13.3 Å². The van der Waals surface area contributed by atoms with E-state index in [1.807, 2.05) is 30.3 Å². The van der Waals surface area contributed by atoms with E-state index in [1.54, 1.807) is 19.1 Å². The Labute approximate surface area is 135 Å². The number of thiocarbonyl (C=S) groups is 1. The van der Waals surface area contributed by atoms with Gasteiger partial charge in [-0.3, -0.25) is 5.43 Å². The van der Waals surface area contributed by atoms with Crippen LogP contribution in [0.25, 0.3) is 10.8 Å². The zero-order valence-electron chi connectivity index (χ0n) is 12.1. The molecule has 0 spiro atoms. The Balaban J connectivity index is 2.15. The Hall–Kier alpha value is -1.99. The van der Waals surface area contributed by atoms with Crippen molar-refractivity contribution in [2.75, 3.05) is 5.75 Å². The smallest absolute Gasteiger partial charge is 0.184 e. The normalized spacial score (nSPS) is 12.3. The molecule has 0 radical (unpaired) electrons. The molecule has 0 aliphatic heterocycles. The van der Waals surface area contributed by atoms with Crippen LogP contribution in [0, 0.1) is 0 Å². The highest BCUT2D eigenvalue weighted by atomic mass is 32.2. The van der Waals surface area contributed by atoms with Gasteiger partial charge < -0.3 is 5.73 Å². The van der Waals surface area contributed by atoms with Gasteiger partial charge in [-0.1, -0.05) is 30.3 Å². The van der Waals surface area contributed by atoms with Crippen molar-refractivity contribution in [3.05, 3.63) is 42.5 Å². The molecule has 0 heterocycles. The molecule has 0 aliphatic carbocycles. The molecule has 0 aromatic heterocycles. The van der Waals surface area contributed by atoms with Gasteiger partial charge in [0.2, 0.25) is 0 Å². The van der Waals surface area contributed by atoms with Crippen LogP contribution >= 0.6 is 12.2 Å². The fraction of sp³-hybridized carbons (Fsp3) is 0.200. The predicted octanol–water partition coefficient (Wildman–Crippen LogP) is 2.21. The van der Waals surface area contributed by atoms with Gasteiger partial charge in [0.25, 0.3) is 0 Å². The average Bonchev–Trinajstić information content (AvgIpc) is 2.50. The first-order chi connectivity index (χ1) is 10.4. The molecule has 0 atom stereocenters. The number of fused-ring (bicyclic) bond motifs is 1. The maximum Gasteiger partial charge on any atom is 0.184 e. The summed E-state index contributed by atoms with van der Waals surface area (Å²) >= 11 is 4.63. The van der Waals surface area contributed by atoms with Crippen LogP contribution in [0.2, 0.25) is 0 Å². The van der Waals surface area contributed by atoms with Gasteiger partial charge in [-0.25, -0.2) is 8.42 Å². The minimum absolute atomic E-state index is 0.0142. The molecule has 0 aliphatic rings. The van der Waals surface area contributed by atoms with E-state index in [9.17, 15) is 8.42 Å². The summed E-state index contributed by atoms with van der Waals surface area (Å²) in [6.07, 6.45) is 0.310. The summed E-state index contributed by atoms with van der Waals surface area (Å²) < 4.78 is 24.8. The second-order valence-corrected chi connectivity index (χ2v) is 7.45. The number of hydrogen-bond donors (Lipinski definition) is 2. The Morgan fingerprint density at radius 3 is 2.59 bits per heavy atom. The molecule has 116 valence electrons. The molecule has 0 saturated carbocycles. The number of hydrogen-bond acceptors (Lipinski definition) is 4. The van der Waals surface area contributed by atoms with Crippen LogP contribution in [0.15, 0.2) is 52.5 Å². The second-order valence-electron chi connectivity index (χ2n) is 4.90. The van der Waals surface area contributed by atoms with E-state index < -0.39 is 9.84 Å². The molecule has 0 saturated heterocycles. The van der Waals surface area contributed by atoms with E-state index in [1.165, 1.54) is 0 Å². The van der Waals surface area contributed by atoms with Gasteiger partial charge in [0.15, 0.2) is 14.9 Å². The molecule has 0 amide bonds. The summed E-state index contributed by atoms with van der Waals surface area (Å²) in [5, 5.41) is 5.88. The van der Waals surface area contributed by atoms with Gasteiger partial charge in [-0.15, -0.1) is 0 Å². The summed E-state index contributed by atoms with van der Waals surface area (Å²) in [7, 11) is -3.36. The first kappa shape index (κ1) is 16.4. The third-order valence-electron chi connectivity index (χ3n) is 3.17. The third-order valence-corrected chi connectivity index (χ3v) is 4.97. The molecule has 0 unspecified atom stereocenters. The largest absolute Gasteiger partial charge is 0.375 e. The number of nitrogens with two attached hydrogens (primary N) is 1.